The smallest absolute Gasteiger partial charge is 0.226 e. The lowest BCUT2D eigenvalue weighted by Crippen LogP contribution is -2.27. The second kappa shape index (κ2) is 6.36. The van der Waals surface area contributed by atoms with Crippen LogP contribution < -0.4 is 5.32 Å². The molecule has 0 bridgehead atoms. The molecule has 0 spiro atoms. The van der Waals surface area contributed by atoms with E-state index in [1.807, 2.05) is 17.5 Å². The lowest BCUT2D eigenvalue weighted by atomic mass is 10.3. The van der Waals surface area contributed by atoms with Crippen LogP contribution in [0.1, 0.15) is 11.4 Å². The van der Waals surface area contributed by atoms with Crippen LogP contribution in [0.3, 0.4) is 0 Å². The van der Waals surface area contributed by atoms with Crippen molar-refractivity contribution in [3.63, 3.8) is 0 Å². The number of hydrogen-bond donors (Lipinski definition) is 2. The van der Waals surface area contributed by atoms with Gasteiger partial charge in [-0.15, -0.1) is 11.3 Å². The first-order chi connectivity index (χ1) is 10.3. The molecule has 1 amide bonds. The van der Waals surface area contributed by atoms with Crippen LogP contribution in [0.25, 0.3) is 10.8 Å². The number of aromatic amines is 1. The fourth-order valence-corrected chi connectivity index (χ4v) is 2.67. The number of thiazole rings is 1. The number of carbonyl (C=O) groups is 1. The summed E-state index contributed by atoms with van der Waals surface area (Å²) in [5.74, 6) is 0.691. The number of nitrogens with zero attached hydrogens (tertiary/aromatic N) is 2. The molecule has 6 nitrogen and oxygen atoms in total. The second-order valence-electron chi connectivity index (χ2n) is 4.47. The molecule has 3 aromatic rings. The van der Waals surface area contributed by atoms with Crippen LogP contribution in [0.5, 0.6) is 0 Å². The van der Waals surface area contributed by atoms with Crippen molar-refractivity contribution in [2.45, 2.75) is 12.8 Å². The highest BCUT2D eigenvalue weighted by Crippen LogP contribution is 2.23. The molecule has 7 heteroatoms. The number of H-pyrrole nitrogens is 1. The summed E-state index contributed by atoms with van der Waals surface area (Å²) in [4.78, 5) is 23.2. The van der Waals surface area contributed by atoms with Gasteiger partial charge in [0.25, 0.3) is 0 Å². The Hall–Kier alpha value is -2.41. The van der Waals surface area contributed by atoms with Gasteiger partial charge in [-0.2, -0.15) is 0 Å². The van der Waals surface area contributed by atoms with E-state index < -0.39 is 0 Å². The molecule has 21 heavy (non-hydrogen) atoms. The normalized spacial score (nSPS) is 10.7. The highest BCUT2D eigenvalue weighted by Gasteiger charge is 2.10. The van der Waals surface area contributed by atoms with Crippen LogP contribution in [-0.4, -0.2) is 27.4 Å². The molecule has 0 atom stereocenters. The number of imidazole rings is 1. The van der Waals surface area contributed by atoms with Crippen molar-refractivity contribution in [2.75, 3.05) is 6.54 Å². The standard InChI is InChI=1S/C14H14N4O2S/c19-13(16-4-3-10-7-15-9-17-10)6-11-8-21-14(18-11)12-2-1-5-20-12/h1-2,5,7-9H,3-4,6H2,(H,15,17)(H,16,19). The van der Waals surface area contributed by atoms with Gasteiger partial charge >= 0.3 is 0 Å². The van der Waals surface area contributed by atoms with Crippen molar-refractivity contribution >= 4 is 17.2 Å². The van der Waals surface area contributed by atoms with Gasteiger partial charge in [-0.25, -0.2) is 9.97 Å². The SMILES string of the molecule is O=C(Cc1csc(-c2ccco2)n1)NCCc1cnc[nH]1. The molecule has 0 aromatic carbocycles. The molecular formula is C14H14N4O2S. The topological polar surface area (TPSA) is 83.8 Å². The zero-order chi connectivity index (χ0) is 14.5. The van der Waals surface area contributed by atoms with Crippen LogP contribution >= 0.6 is 11.3 Å². The number of amides is 1. The first kappa shape index (κ1) is 13.6. The summed E-state index contributed by atoms with van der Waals surface area (Å²) in [6.07, 6.45) is 6.00. The van der Waals surface area contributed by atoms with E-state index in [4.69, 9.17) is 4.42 Å². The van der Waals surface area contributed by atoms with Crippen LogP contribution in [0, 0.1) is 0 Å². The molecule has 0 saturated carbocycles. The van der Waals surface area contributed by atoms with E-state index in [0.717, 1.165) is 28.6 Å². The number of aromatic nitrogens is 3. The summed E-state index contributed by atoms with van der Waals surface area (Å²) in [5.41, 5.74) is 1.76. The van der Waals surface area contributed by atoms with Crippen molar-refractivity contribution in [2.24, 2.45) is 0 Å². The number of rotatable bonds is 6. The van der Waals surface area contributed by atoms with E-state index in [0.29, 0.717) is 6.54 Å². The maximum absolute atomic E-state index is 11.8. The molecule has 3 aromatic heterocycles. The molecule has 0 saturated heterocycles. The quantitative estimate of drug-likeness (QED) is 0.729. The van der Waals surface area contributed by atoms with Gasteiger partial charge in [-0.3, -0.25) is 4.79 Å². The molecule has 0 radical (unpaired) electrons. The first-order valence-corrected chi connectivity index (χ1v) is 7.41. The van der Waals surface area contributed by atoms with Gasteiger partial charge in [0.2, 0.25) is 5.91 Å². The molecule has 0 fully saturated rings. The summed E-state index contributed by atoms with van der Waals surface area (Å²) in [6.45, 7) is 0.580. The van der Waals surface area contributed by atoms with Gasteiger partial charge < -0.3 is 14.7 Å². The molecule has 3 heterocycles. The lowest BCUT2D eigenvalue weighted by molar-refractivity contribution is -0.120. The zero-order valence-electron chi connectivity index (χ0n) is 11.2. The van der Waals surface area contributed by atoms with Crippen LogP contribution in [0.2, 0.25) is 0 Å². The van der Waals surface area contributed by atoms with E-state index in [-0.39, 0.29) is 12.3 Å². The van der Waals surface area contributed by atoms with Crippen molar-refractivity contribution in [1.82, 2.24) is 20.3 Å². The average molecular weight is 302 g/mol. The van der Waals surface area contributed by atoms with E-state index in [2.05, 4.69) is 20.3 Å². The third-order valence-electron chi connectivity index (χ3n) is 2.90. The Morgan fingerprint density at radius 2 is 2.43 bits per heavy atom. The summed E-state index contributed by atoms with van der Waals surface area (Å²) in [7, 11) is 0. The fraction of sp³-hybridized carbons (Fsp3) is 0.214. The van der Waals surface area contributed by atoms with Crippen LogP contribution in [0.15, 0.2) is 40.7 Å². The Morgan fingerprint density at radius 1 is 1.48 bits per heavy atom. The summed E-state index contributed by atoms with van der Waals surface area (Å²) >= 11 is 1.47. The molecule has 0 unspecified atom stereocenters. The van der Waals surface area contributed by atoms with E-state index in [9.17, 15) is 4.79 Å². The number of nitrogens with one attached hydrogen (secondary N) is 2. The van der Waals surface area contributed by atoms with Gasteiger partial charge in [0.05, 0.1) is 24.7 Å². The molecule has 0 aliphatic rings. The molecule has 0 aliphatic carbocycles. The van der Waals surface area contributed by atoms with Gasteiger partial charge in [0.15, 0.2) is 10.8 Å². The molecular weight excluding hydrogens is 288 g/mol. The Morgan fingerprint density at radius 3 is 3.19 bits per heavy atom. The third-order valence-corrected chi connectivity index (χ3v) is 3.80. The minimum atomic E-state index is -0.0363. The largest absolute Gasteiger partial charge is 0.462 e. The fourth-order valence-electron chi connectivity index (χ4n) is 1.89. The Balaban J connectivity index is 1.48. The summed E-state index contributed by atoms with van der Waals surface area (Å²) in [5, 5.41) is 5.54. The molecule has 3 rings (SSSR count). The number of furan rings is 1. The predicted molar refractivity (Wildman–Crippen MR) is 78.8 cm³/mol. The van der Waals surface area contributed by atoms with Gasteiger partial charge in [0.1, 0.15) is 0 Å². The van der Waals surface area contributed by atoms with Gasteiger partial charge in [-0.05, 0) is 12.1 Å². The first-order valence-electron chi connectivity index (χ1n) is 6.53. The maximum Gasteiger partial charge on any atom is 0.226 e. The maximum atomic E-state index is 11.8. The summed E-state index contributed by atoms with van der Waals surface area (Å²) < 4.78 is 5.28. The Labute approximate surface area is 125 Å². The molecule has 0 aliphatic heterocycles. The van der Waals surface area contributed by atoms with Crippen molar-refractivity contribution in [1.29, 1.82) is 0 Å². The van der Waals surface area contributed by atoms with E-state index in [1.54, 1.807) is 18.8 Å². The lowest BCUT2D eigenvalue weighted by Gasteiger charge is -2.02. The zero-order valence-corrected chi connectivity index (χ0v) is 12.0. The number of hydrogen-bond acceptors (Lipinski definition) is 5. The average Bonchev–Trinajstić information content (AvgIpc) is 3.21. The Kier molecular flexibility index (Phi) is 4.11. The van der Waals surface area contributed by atoms with Crippen molar-refractivity contribution < 1.29 is 9.21 Å². The minimum Gasteiger partial charge on any atom is -0.462 e. The molecule has 2 N–H and O–H groups in total. The Bertz CT molecular complexity index is 688. The van der Waals surface area contributed by atoms with Crippen molar-refractivity contribution in [3.8, 4) is 10.8 Å². The second-order valence-corrected chi connectivity index (χ2v) is 5.33. The predicted octanol–water partition coefficient (Wildman–Crippen LogP) is 2.03. The third kappa shape index (κ3) is 3.57. The van der Waals surface area contributed by atoms with Gasteiger partial charge in [-0.1, -0.05) is 0 Å². The van der Waals surface area contributed by atoms with E-state index in [1.165, 1.54) is 11.3 Å². The highest BCUT2D eigenvalue weighted by atomic mass is 32.1. The highest BCUT2D eigenvalue weighted by molar-refractivity contribution is 7.13. The van der Waals surface area contributed by atoms with Crippen LogP contribution in [-0.2, 0) is 17.6 Å². The monoisotopic (exact) mass is 302 g/mol. The van der Waals surface area contributed by atoms with E-state index >= 15 is 0 Å². The van der Waals surface area contributed by atoms with Crippen LogP contribution in [0.4, 0.5) is 0 Å². The van der Waals surface area contributed by atoms with Crippen molar-refractivity contribution in [3.05, 3.63) is 47.7 Å². The minimum absolute atomic E-state index is 0.0363. The number of carbonyl (C=O) groups excluding carboxylic acids is 1. The molecule has 108 valence electrons. The van der Waals surface area contributed by atoms with Gasteiger partial charge in [0, 0.05) is 30.2 Å². The summed E-state index contributed by atoms with van der Waals surface area (Å²) in [6, 6.07) is 3.67.